The second-order valence-corrected chi connectivity index (χ2v) is 8.68. The monoisotopic (exact) mass is 344 g/mol. The van der Waals surface area contributed by atoms with Crippen LogP contribution in [-0.4, -0.2) is 38.9 Å². The second-order valence-electron chi connectivity index (χ2n) is 6.74. The summed E-state index contributed by atoms with van der Waals surface area (Å²) in [5.74, 6) is 1.55. The molecule has 1 aromatic carbocycles. The number of hydrogen-bond acceptors (Lipinski definition) is 3. The number of hydrogen-bond donors (Lipinski definition) is 1. The minimum Gasteiger partial charge on any atom is -0.316 e. The van der Waals surface area contributed by atoms with Gasteiger partial charge in [0.2, 0.25) is 10.0 Å². The van der Waals surface area contributed by atoms with E-state index in [0.29, 0.717) is 35.7 Å². The van der Waals surface area contributed by atoms with Crippen LogP contribution < -0.4 is 5.32 Å². The normalized spacial score (nSPS) is 25.2. The Labute approximate surface area is 139 Å². The number of sulfonamides is 1. The first-order valence-electron chi connectivity index (χ1n) is 7.76. The predicted octanol–water partition coefficient (Wildman–Crippen LogP) is 2.15. The van der Waals surface area contributed by atoms with Crippen LogP contribution in [0.2, 0.25) is 0 Å². The Hall–Kier alpha value is -0.620. The lowest BCUT2D eigenvalue weighted by Crippen LogP contribution is -2.31. The van der Waals surface area contributed by atoms with Crippen molar-refractivity contribution < 1.29 is 8.42 Å². The van der Waals surface area contributed by atoms with Crippen molar-refractivity contribution in [3.8, 4) is 0 Å². The molecule has 1 aromatic rings. The summed E-state index contributed by atoms with van der Waals surface area (Å²) < 4.78 is 27.1. The van der Waals surface area contributed by atoms with E-state index in [0.717, 1.165) is 19.5 Å². The van der Waals surface area contributed by atoms with Crippen LogP contribution >= 0.6 is 12.4 Å². The smallest absolute Gasteiger partial charge is 0.243 e. The molecule has 0 bridgehead atoms. The fourth-order valence-corrected chi connectivity index (χ4v) is 4.98. The number of benzene rings is 1. The van der Waals surface area contributed by atoms with Gasteiger partial charge in [0.25, 0.3) is 0 Å². The van der Waals surface area contributed by atoms with Crippen molar-refractivity contribution in [2.24, 2.45) is 17.8 Å². The highest BCUT2D eigenvalue weighted by Gasteiger charge is 2.41. The molecule has 2 saturated heterocycles. The van der Waals surface area contributed by atoms with Crippen molar-refractivity contribution in [3.63, 3.8) is 0 Å². The van der Waals surface area contributed by atoms with E-state index in [-0.39, 0.29) is 12.4 Å². The van der Waals surface area contributed by atoms with Crippen LogP contribution in [0, 0.1) is 17.8 Å². The topological polar surface area (TPSA) is 49.4 Å². The number of nitrogens with zero attached hydrogens (tertiary/aromatic N) is 1. The summed E-state index contributed by atoms with van der Waals surface area (Å²) in [6, 6.07) is 7.43. The maximum Gasteiger partial charge on any atom is 0.243 e. The average molecular weight is 345 g/mol. The van der Waals surface area contributed by atoms with Crippen molar-refractivity contribution >= 4 is 22.4 Å². The molecule has 2 aliphatic rings. The van der Waals surface area contributed by atoms with Gasteiger partial charge in [0.15, 0.2) is 0 Å². The second kappa shape index (κ2) is 6.87. The van der Waals surface area contributed by atoms with Crippen LogP contribution in [0.3, 0.4) is 0 Å². The Kier molecular flexibility index (Phi) is 5.54. The van der Waals surface area contributed by atoms with E-state index in [1.807, 2.05) is 12.1 Å². The van der Waals surface area contributed by atoms with Gasteiger partial charge in [-0.1, -0.05) is 26.0 Å². The maximum absolute atomic E-state index is 12.7. The Bertz CT molecular complexity index is 589. The van der Waals surface area contributed by atoms with E-state index < -0.39 is 10.0 Å². The van der Waals surface area contributed by atoms with E-state index in [1.165, 1.54) is 5.56 Å². The molecule has 0 aliphatic carbocycles. The molecule has 6 heteroatoms. The minimum absolute atomic E-state index is 0. The van der Waals surface area contributed by atoms with Crippen molar-refractivity contribution in [3.05, 3.63) is 29.8 Å². The summed E-state index contributed by atoms with van der Waals surface area (Å²) in [6.45, 7) is 7.55. The first-order chi connectivity index (χ1) is 9.96. The summed E-state index contributed by atoms with van der Waals surface area (Å²) in [5.41, 5.74) is 1.20. The third-order valence-corrected chi connectivity index (χ3v) is 6.41. The number of halogens is 1. The van der Waals surface area contributed by atoms with Gasteiger partial charge < -0.3 is 5.32 Å². The molecule has 124 valence electrons. The summed E-state index contributed by atoms with van der Waals surface area (Å²) in [7, 11) is -3.32. The van der Waals surface area contributed by atoms with Gasteiger partial charge in [-0.3, -0.25) is 0 Å². The first-order valence-corrected chi connectivity index (χ1v) is 9.20. The molecule has 2 aliphatic heterocycles. The standard InChI is InChI=1S/C16H24N2O2S.ClH/c1-12(2)7-13-3-5-16(6-4-13)21(19,20)18-10-14-8-17-9-15(14)11-18;/h3-6,12,14-15,17H,7-11H2,1-2H3;1H/t14-,15+;. The number of rotatable bonds is 4. The third kappa shape index (κ3) is 3.48. The molecule has 0 radical (unpaired) electrons. The molecule has 1 N–H and O–H groups in total. The summed E-state index contributed by atoms with van der Waals surface area (Å²) >= 11 is 0. The number of nitrogens with one attached hydrogen (secondary N) is 1. The molecular weight excluding hydrogens is 320 g/mol. The SMILES string of the molecule is CC(C)Cc1ccc(S(=O)(=O)N2C[C@H]3CNC[C@H]3C2)cc1.Cl. The highest BCUT2D eigenvalue weighted by atomic mass is 35.5. The van der Waals surface area contributed by atoms with E-state index in [9.17, 15) is 8.42 Å². The number of fused-ring (bicyclic) bond motifs is 1. The molecule has 0 spiro atoms. The van der Waals surface area contributed by atoms with Gasteiger partial charge in [-0.05, 0) is 55.0 Å². The zero-order chi connectivity index (χ0) is 15.0. The largest absolute Gasteiger partial charge is 0.316 e. The minimum atomic E-state index is -3.32. The van der Waals surface area contributed by atoms with Crippen molar-refractivity contribution in [1.29, 1.82) is 0 Å². The lowest BCUT2D eigenvalue weighted by atomic mass is 10.0. The Balaban J connectivity index is 0.00000176. The fourth-order valence-electron chi connectivity index (χ4n) is 3.43. The Morgan fingerprint density at radius 3 is 2.18 bits per heavy atom. The van der Waals surface area contributed by atoms with Crippen molar-refractivity contribution in [1.82, 2.24) is 9.62 Å². The summed E-state index contributed by atoms with van der Waals surface area (Å²) in [6.07, 6.45) is 0.986. The van der Waals surface area contributed by atoms with Gasteiger partial charge in [-0.25, -0.2) is 8.42 Å². The molecule has 0 unspecified atom stereocenters. The van der Waals surface area contributed by atoms with E-state index in [2.05, 4.69) is 19.2 Å². The highest BCUT2D eigenvalue weighted by molar-refractivity contribution is 7.89. The lowest BCUT2D eigenvalue weighted by Gasteiger charge is -2.17. The molecule has 3 rings (SSSR count). The molecule has 2 atom stereocenters. The van der Waals surface area contributed by atoms with Crippen molar-refractivity contribution in [2.75, 3.05) is 26.2 Å². The van der Waals surface area contributed by atoms with E-state index >= 15 is 0 Å². The molecule has 4 nitrogen and oxygen atoms in total. The molecule has 0 amide bonds. The maximum atomic E-state index is 12.7. The lowest BCUT2D eigenvalue weighted by molar-refractivity contribution is 0.448. The van der Waals surface area contributed by atoms with Gasteiger partial charge in [0.1, 0.15) is 0 Å². The third-order valence-electron chi connectivity index (χ3n) is 4.56. The van der Waals surface area contributed by atoms with Crippen LogP contribution in [-0.2, 0) is 16.4 Å². The van der Waals surface area contributed by atoms with Gasteiger partial charge in [0, 0.05) is 13.1 Å². The van der Waals surface area contributed by atoms with E-state index in [4.69, 9.17) is 0 Å². The summed E-state index contributed by atoms with van der Waals surface area (Å²) in [4.78, 5) is 0.433. The first kappa shape index (κ1) is 17.7. The molecule has 2 fully saturated rings. The quantitative estimate of drug-likeness (QED) is 0.910. The zero-order valence-corrected chi connectivity index (χ0v) is 14.8. The van der Waals surface area contributed by atoms with Crippen LogP contribution in [0.25, 0.3) is 0 Å². The zero-order valence-electron chi connectivity index (χ0n) is 13.2. The van der Waals surface area contributed by atoms with Gasteiger partial charge >= 0.3 is 0 Å². The molecule has 2 heterocycles. The Morgan fingerprint density at radius 1 is 1.14 bits per heavy atom. The molecule has 0 saturated carbocycles. The molecule has 22 heavy (non-hydrogen) atoms. The van der Waals surface area contributed by atoms with Crippen LogP contribution in [0.1, 0.15) is 19.4 Å². The fraction of sp³-hybridized carbons (Fsp3) is 0.625. The molecule has 0 aromatic heterocycles. The Morgan fingerprint density at radius 2 is 1.68 bits per heavy atom. The van der Waals surface area contributed by atoms with Crippen LogP contribution in [0.15, 0.2) is 29.2 Å². The van der Waals surface area contributed by atoms with Crippen LogP contribution in [0.5, 0.6) is 0 Å². The highest BCUT2D eigenvalue weighted by Crippen LogP contribution is 2.30. The summed E-state index contributed by atoms with van der Waals surface area (Å²) in [5, 5.41) is 3.34. The van der Waals surface area contributed by atoms with Crippen molar-refractivity contribution in [2.45, 2.75) is 25.2 Å². The predicted molar refractivity (Wildman–Crippen MR) is 90.8 cm³/mol. The van der Waals surface area contributed by atoms with E-state index in [1.54, 1.807) is 16.4 Å². The van der Waals surface area contributed by atoms with Gasteiger partial charge in [0.05, 0.1) is 4.90 Å². The van der Waals surface area contributed by atoms with Crippen LogP contribution in [0.4, 0.5) is 0 Å². The molecular formula is C16H25ClN2O2S. The average Bonchev–Trinajstić information content (AvgIpc) is 2.99. The van der Waals surface area contributed by atoms with Gasteiger partial charge in [-0.15, -0.1) is 12.4 Å². The van der Waals surface area contributed by atoms with Gasteiger partial charge in [-0.2, -0.15) is 4.31 Å².